The maximum atomic E-state index is 12.6. The number of nitrogens with one attached hydrogen (secondary N) is 2. The van der Waals surface area contributed by atoms with Gasteiger partial charge in [-0.3, -0.25) is 0 Å². The monoisotopic (exact) mass is 470 g/mol. The first-order valence-electron chi connectivity index (χ1n) is 10.9. The summed E-state index contributed by atoms with van der Waals surface area (Å²) in [6.45, 7) is 2.08. The van der Waals surface area contributed by atoms with Gasteiger partial charge in [0, 0.05) is 37.8 Å². The molecule has 2 aliphatic rings. The summed E-state index contributed by atoms with van der Waals surface area (Å²) >= 11 is 0. The zero-order chi connectivity index (χ0) is 23.7. The Hall–Kier alpha value is -3.94. The number of nitrogens with zero attached hydrogens (tertiary/aromatic N) is 4. The van der Waals surface area contributed by atoms with Crippen molar-refractivity contribution in [1.29, 1.82) is 0 Å². The Kier molecular flexibility index (Phi) is 5.65. The van der Waals surface area contributed by atoms with Gasteiger partial charge in [0.15, 0.2) is 0 Å². The van der Waals surface area contributed by atoms with E-state index in [-0.39, 0.29) is 11.8 Å². The van der Waals surface area contributed by atoms with Crippen molar-refractivity contribution in [3.63, 3.8) is 0 Å². The number of aromatic amines is 1. The molecule has 0 spiro atoms. The van der Waals surface area contributed by atoms with E-state index in [1.165, 1.54) is 18.5 Å². The summed E-state index contributed by atoms with van der Waals surface area (Å²) in [7, 11) is 0. The molecular formula is C23H21F3N6O2. The number of H-pyrrole nitrogens is 1. The second-order valence-electron chi connectivity index (χ2n) is 8.16. The fourth-order valence-corrected chi connectivity index (χ4v) is 3.72. The Balaban J connectivity index is 1.20. The Morgan fingerprint density at radius 1 is 1.12 bits per heavy atom. The van der Waals surface area contributed by atoms with Crippen LogP contribution in [-0.4, -0.2) is 58.4 Å². The quantitative estimate of drug-likeness (QED) is 0.566. The van der Waals surface area contributed by atoms with Gasteiger partial charge in [-0.25, -0.2) is 14.8 Å². The molecule has 11 heteroatoms. The van der Waals surface area contributed by atoms with E-state index in [1.54, 1.807) is 4.90 Å². The van der Waals surface area contributed by atoms with Gasteiger partial charge in [-0.1, -0.05) is 5.92 Å². The molecule has 3 heterocycles. The molecule has 1 saturated heterocycles. The molecule has 1 saturated carbocycles. The molecule has 2 amide bonds. The molecule has 8 nitrogen and oxygen atoms in total. The predicted molar refractivity (Wildman–Crippen MR) is 119 cm³/mol. The summed E-state index contributed by atoms with van der Waals surface area (Å²) in [6, 6.07) is 6.68. The van der Waals surface area contributed by atoms with Gasteiger partial charge in [0.1, 0.15) is 23.5 Å². The molecule has 1 aromatic carbocycles. The van der Waals surface area contributed by atoms with Crippen molar-refractivity contribution in [3.05, 3.63) is 42.4 Å². The van der Waals surface area contributed by atoms with E-state index >= 15 is 0 Å². The lowest BCUT2D eigenvalue weighted by molar-refractivity contribution is -0.274. The van der Waals surface area contributed by atoms with Crippen molar-refractivity contribution in [2.45, 2.75) is 19.2 Å². The lowest BCUT2D eigenvalue weighted by atomic mass is 10.2. The molecule has 2 fully saturated rings. The number of alkyl halides is 3. The van der Waals surface area contributed by atoms with Crippen molar-refractivity contribution in [2.24, 2.45) is 5.92 Å². The van der Waals surface area contributed by atoms with Crippen molar-refractivity contribution in [1.82, 2.24) is 19.9 Å². The minimum atomic E-state index is -4.76. The van der Waals surface area contributed by atoms with Gasteiger partial charge in [-0.2, -0.15) is 0 Å². The topological polar surface area (TPSA) is 86.4 Å². The second kappa shape index (κ2) is 8.78. The first-order valence-corrected chi connectivity index (χ1v) is 10.9. The number of piperazine rings is 1. The van der Waals surface area contributed by atoms with Crippen molar-refractivity contribution in [3.8, 4) is 17.6 Å². The normalized spacial score (nSPS) is 16.2. The number of benzene rings is 1. The number of halogens is 3. The van der Waals surface area contributed by atoms with E-state index < -0.39 is 6.36 Å². The fourth-order valence-electron chi connectivity index (χ4n) is 3.72. The highest BCUT2D eigenvalue weighted by Gasteiger charge is 2.31. The van der Waals surface area contributed by atoms with Gasteiger partial charge in [0.05, 0.1) is 11.1 Å². The highest BCUT2D eigenvalue weighted by atomic mass is 19.4. The predicted octanol–water partition coefficient (Wildman–Crippen LogP) is 3.97. The third-order valence-electron chi connectivity index (χ3n) is 5.60. The van der Waals surface area contributed by atoms with Gasteiger partial charge in [0.25, 0.3) is 0 Å². The summed E-state index contributed by atoms with van der Waals surface area (Å²) in [5.74, 6) is 7.35. The number of rotatable bonds is 3. The van der Waals surface area contributed by atoms with Crippen LogP contribution in [0.25, 0.3) is 11.0 Å². The molecule has 0 radical (unpaired) electrons. The molecule has 34 heavy (non-hydrogen) atoms. The van der Waals surface area contributed by atoms with E-state index in [9.17, 15) is 18.0 Å². The van der Waals surface area contributed by atoms with E-state index in [4.69, 9.17) is 0 Å². The molecule has 2 N–H and O–H groups in total. The average Bonchev–Trinajstić information content (AvgIpc) is 3.55. The van der Waals surface area contributed by atoms with Crippen LogP contribution in [0, 0.1) is 17.8 Å². The molecule has 176 valence electrons. The Morgan fingerprint density at radius 2 is 1.85 bits per heavy atom. The summed E-state index contributed by atoms with van der Waals surface area (Å²) in [5, 5.41) is 3.59. The maximum Gasteiger partial charge on any atom is 0.573 e. The molecule has 1 aliphatic heterocycles. The van der Waals surface area contributed by atoms with Crippen molar-refractivity contribution >= 4 is 28.6 Å². The van der Waals surface area contributed by atoms with E-state index in [0.29, 0.717) is 37.8 Å². The first-order chi connectivity index (χ1) is 16.3. The molecule has 2 aromatic heterocycles. The van der Waals surface area contributed by atoms with Crippen LogP contribution in [-0.2, 0) is 0 Å². The Bertz CT molecular complexity index is 1250. The molecule has 5 rings (SSSR count). The summed E-state index contributed by atoms with van der Waals surface area (Å²) in [6.07, 6.45) is -0.926. The highest BCUT2D eigenvalue weighted by Crippen LogP contribution is 2.29. The van der Waals surface area contributed by atoms with Crippen LogP contribution in [0.15, 0.2) is 36.7 Å². The van der Waals surface area contributed by atoms with Crippen LogP contribution < -0.4 is 15.0 Å². The third-order valence-corrected chi connectivity index (χ3v) is 5.60. The van der Waals surface area contributed by atoms with Crippen molar-refractivity contribution < 1.29 is 22.7 Å². The van der Waals surface area contributed by atoms with Crippen molar-refractivity contribution in [2.75, 3.05) is 36.4 Å². The van der Waals surface area contributed by atoms with E-state index in [0.717, 1.165) is 47.5 Å². The van der Waals surface area contributed by atoms with Crippen LogP contribution in [0.4, 0.5) is 29.5 Å². The van der Waals surface area contributed by atoms with E-state index in [2.05, 4.69) is 41.7 Å². The summed E-state index contributed by atoms with van der Waals surface area (Å²) < 4.78 is 40.7. The molecule has 0 unspecified atom stereocenters. The lowest BCUT2D eigenvalue weighted by Gasteiger charge is -2.35. The zero-order valence-corrected chi connectivity index (χ0v) is 18.0. The number of amides is 2. The Morgan fingerprint density at radius 3 is 2.53 bits per heavy atom. The number of urea groups is 1. The molecule has 1 aliphatic carbocycles. The number of hydrogen-bond donors (Lipinski definition) is 2. The third kappa shape index (κ3) is 5.17. The standard InChI is InChI=1S/C23H21F3N6O2/c24-23(25,26)34-18-7-5-16(6-8-18)30-22(33)32-11-9-31(10-12-32)21-19-13-17(4-3-15-1-2-15)29-20(19)27-14-28-21/h5-8,13-15H,1-2,9-12H2,(H,30,33)(H,27,28,29). The van der Waals surface area contributed by atoms with Crippen LogP contribution in [0.5, 0.6) is 5.75 Å². The van der Waals surface area contributed by atoms with Crippen LogP contribution in [0.3, 0.4) is 0 Å². The van der Waals surface area contributed by atoms with Crippen LogP contribution in [0.2, 0.25) is 0 Å². The minimum absolute atomic E-state index is 0.323. The number of anilines is 2. The number of hydrogen-bond acceptors (Lipinski definition) is 5. The number of carbonyl (C=O) groups is 1. The summed E-state index contributed by atoms with van der Waals surface area (Å²) in [4.78, 5) is 28.4. The molecular weight excluding hydrogens is 449 g/mol. The smallest absolute Gasteiger partial charge is 0.406 e. The Labute approximate surface area is 193 Å². The fraction of sp³-hybridized carbons (Fsp3) is 0.348. The van der Waals surface area contributed by atoms with Crippen LogP contribution >= 0.6 is 0 Å². The second-order valence-corrected chi connectivity index (χ2v) is 8.16. The molecule has 0 atom stereocenters. The van der Waals surface area contributed by atoms with Gasteiger partial charge >= 0.3 is 12.4 Å². The SMILES string of the molecule is O=C(Nc1ccc(OC(F)(F)F)cc1)N1CCN(c2ncnc3[nH]c(C#CC4CC4)cc23)CC1. The maximum absolute atomic E-state index is 12.6. The molecule has 3 aromatic rings. The number of ether oxygens (including phenoxy) is 1. The number of fused-ring (bicyclic) bond motifs is 1. The average molecular weight is 470 g/mol. The lowest BCUT2D eigenvalue weighted by Crippen LogP contribution is -2.50. The van der Waals surface area contributed by atoms with Gasteiger partial charge in [-0.05, 0) is 49.1 Å². The first kappa shape index (κ1) is 21.9. The summed E-state index contributed by atoms with van der Waals surface area (Å²) in [5.41, 5.74) is 1.92. The van der Waals surface area contributed by atoms with Gasteiger partial charge in [-0.15, -0.1) is 13.2 Å². The highest BCUT2D eigenvalue weighted by molar-refractivity contribution is 5.90. The van der Waals surface area contributed by atoms with Gasteiger partial charge in [0.2, 0.25) is 0 Å². The number of aromatic nitrogens is 3. The largest absolute Gasteiger partial charge is 0.573 e. The van der Waals surface area contributed by atoms with E-state index in [1.807, 2.05) is 6.07 Å². The molecule has 0 bridgehead atoms. The number of carbonyl (C=O) groups excluding carboxylic acids is 1. The minimum Gasteiger partial charge on any atom is -0.406 e. The zero-order valence-electron chi connectivity index (χ0n) is 18.0. The van der Waals surface area contributed by atoms with Crippen LogP contribution in [0.1, 0.15) is 18.5 Å². The van der Waals surface area contributed by atoms with Gasteiger partial charge < -0.3 is 24.8 Å².